The lowest BCUT2D eigenvalue weighted by molar-refractivity contribution is 0.0569. The maximum atomic E-state index is 5.56. The second kappa shape index (κ2) is 6.80. The minimum Gasteiger partial charge on any atom is -0.382 e. The molecule has 0 spiro atoms. The Balaban J connectivity index is 1.76. The van der Waals surface area contributed by atoms with Crippen molar-refractivity contribution >= 4 is 0 Å². The Morgan fingerprint density at radius 1 is 1.24 bits per heavy atom. The summed E-state index contributed by atoms with van der Waals surface area (Å²) >= 11 is 0. The van der Waals surface area contributed by atoms with Gasteiger partial charge < -0.3 is 19.4 Å². The molecule has 1 aromatic carbocycles. The fourth-order valence-corrected chi connectivity index (χ4v) is 2.54. The van der Waals surface area contributed by atoms with Crippen LogP contribution in [-0.2, 0) is 22.6 Å². The Morgan fingerprint density at radius 2 is 2.10 bits per heavy atom. The Labute approximate surface area is 124 Å². The minimum absolute atomic E-state index is 0.0974. The van der Waals surface area contributed by atoms with Crippen LogP contribution in [0.2, 0.25) is 0 Å². The van der Waals surface area contributed by atoms with Gasteiger partial charge in [0.25, 0.3) is 0 Å². The molecule has 0 bridgehead atoms. The quantitative estimate of drug-likeness (QED) is 0.808. The zero-order chi connectivity index (χ0) is 14.5. The third kappa shape index (κ3) is 3.12. The van der Waals surface area contributed by atoms with Crippen LogP contribution in [0.25, 0.3) is 0 Å². The summed E-state index contributed by atoms with van der Waals surface area (Å²) in [5.41, 5.74) is 1.21. The first kappa shape index (κ1) is 14.2. The van der Waals surface area contributed by atoms with E-state index in [0.29, 0.717) is 19.8 Å². The molecule has 0 saturated carbocycles. The predicted molar refractivity (Wildman–Crippen MR) is 77.8 cm³/mol. The van der Waals surface area contributed by atoms with E-state index in [1.165, 1.54) is 5.56 Å². The molecule has 0 fully saturated rings. The van der Waals surface area contributed by atoms with E-state index in [-0.39, 0.29) is 6.04 Å². The average Bonchev–Trinajstić information content (AvgIpc) is 2.96. The van der Waals surface area contributed by atoms with Gasteiger partial charge in [-0.15, -0.1) is 10.2 Å². The molecule has 1 unspecified atom stereocenters. The van der Waals surface area contributed by atoms with Crippen LogP contribution in [-0.4, -0.2) is 41.6 Å². The summed E-state index contributed by atoms with van der Waals surface area (Å²) in [6, 6.07) is 10.4. The van der Waals surface area contributed by atoms with Crippen LogP contribution in [0.5, 0.6) is 0 Å². The van der Waals surface area contributed by atoms with Crippen molar-refractivity contribution in [2.45, 2.75) is 19.2 Å². The molecule has 6 nitrogen and oxygen atoms in total. The average molecular weight is 288 g/mol. The molecule has 1 atom stereocenters. The van der Waals surface area contributed by atoms with Gasteiger partial charge in [0.1, 0.15) is 6.61 Å². The topological polar surface area (TPSA) is 61.2 Å². The normalized spacial score (nSPS) is 17.7. The minimum atomic E-state index is 0.0974. The van der Waals surface area contributed by atoms with E-state index in [4.69, 9.17) is 9.47 Å². The van der Waals surface area contributed by atoms with Crippen molar-refractivity contribution in [3.63, 3.8) is 0 Å². The highest BCUT2D eigenvalue weighted by molar-refractivity contribution is 5.26. The first-order chi connectivity index (χ1) is 10.4. The molecule has 2 heterocycles. The van der Waals surface area contributed by atoms with E-state index in [0.717, 1.165) is 24.7 Å². The summed E-state index contributed by atoms with van der Waals surface area (Å²) in [6.07, 6.45) is 0. The zero-order valence-corrected chi connectivity index (χ0v) is 12.2. The number of nitrogens with one attached hydrogen (secondary N) is 1. The number of aromatic nitrogens is 3. The number of methoxy groups -OCH3 is 1. The van der Waals surface area contributed by atoms with E-state index in [9.17, 15) is 0 Å². The van der Waals surface area contributed by atoms with Crippen molar-refractivity contribution in [3.05, 3.63) is 47.5 Å². The molecule has 112 valence electrons. The van der Waals surface area contributed by atoms with Gasteiger partial charge in [-0.2, -0.15) is 0 Å². The number of hydrogen-bond donors (Lipinski definition) is 1. The molecule has 0 amide bonds. The summed E-state index contributed by atoms with van der Waals surface area (Å²) in [7, 11) is 1.67. The summed E-state index contributed by atoms with van der Waals surface area (Å²) < 4.78 is 12.7. The molecular formula is C15H20N4O2. The molecular weight excluding hydrogens is 268 g/mol. The third-order valence-corrected chi connectivity index (χ3v) is 3.59. The van der Waals surface area contributed by atoms with Crippen LogP contribution < -0.4 is 5.32 Å². The second-order valence-electron chi connectivity index (χ2n) is 4.97. The summed E-state index contributed by atoms with van der Waals surface area (Å²) in [5, 5.41) is 12.1. The number of fused-ring (bicyclic) bond motifs is 1. The third-order valence-electron chi connectivity index (χ3n) is 3.59. The van der Waals surface area contributed by atoms with E-state index in [1.54, 1.807) is 7.11 Å². The number of hydrogen-bond acceptors (Lipinski definition) is 5. The van der Waals surface area contributed by atoms with Crippen LogP contribution >= 0.6 is 0 Å². The van der Waals surface area contributed by atoms with Crippen LogP contribution in [0.3, 0.4) is 0 Å². The van der Waals surface area contributed by atoms with Gasteiger partial charge in [0.05, 0.1) is 19.3 Å². The lowest BCUT2D eigenvalue weighted by atomic mass is 10.1. The van der Waals surface area contributed by atoms with Crippen LogP contribution in [0.15, 0.2) is 30.3 Å². The first-order valence-electron chi connectivity index (χ1n) is 7.17. The van der Waals surface area contributed by atoms with Crippen LogP contribution in [0, 0.1) is 0 Å². The molecule has 3 rings (SSSR count). The van der Waals surface area contributed by atoms with Gasteiger partial charge in [0, 0.05) is 20.2 Å². The molecule has 2 aromatic rings. The van der Waals surface area contributed by atoms with Crippen LogP contribution in [0.1, 0.15) is 23.3 Å². The lowest BCUT2D eigenvalue weighted by Crippen LogP contribution is -2.35. The standard InChI is InChI=1S/C15H20N4O2/c1-20-9-10-21-11-13-17-18-15-14(16-7-8-19(13)15)12-5-3-2-4-6-12/h2-6,14,16H,7-11H2,1H3. The Morgan fingerprint density at radius 3 is 2.90 bits per heavy atom. The number of nitrogens with zero attached hydrogens (tertiary/aromatic N) is 3. The number of rotatable bonds is 6. The van der Waals surface area contributed by atoms with E-state index in [1.807, 2.05) is 18.2 Å². The Bertz CT molecular complexity index is 570. The van der Waals surface area contributed by atoms with Gasteiger partial charge in [-0.1, -0.05) is 30.3 Å². The Hall–Kier alpha value is -1.76. The monoisotopic (exact) mass is 288 g/mol. The Kier molecular flexibility index (Phi) is 4.59. The second-order valence-corrected chi connectivity index (χ2v) is 4.97. The van der Waals surface area contributed by atoms with Gasteiger partial charge in [-0.05, 0) is 5.56 Å². The van der Waals surface area contributed by atoms with Crippen LogP contribution in [0.4, 0.5) is 0 Å². The maximum Gasteiger partial charge on any atom is 0.159 e. The largest absolute Gasteiger partial charge is 0.382 e. The summed E-state index contributed by atoms with van der Waals surface area (Å²) in [5.74, 6) is 1.83. The van der Waals surface area contributed by atoms with Crippen molar-refractivity contribution in [3.8, 4) is 0 Å². The lowest BCUT2D eigenvalue weighted by Gasteiger charge is -2.25. The highest BCUT2D eigenvalue weighted by Gasteiger charge is 2.25. The fraction of sp³-hybridized carbons (Fsp3) is 0.467. The highest BCUT2D eigenvalue weighted by atomic mass is 16.5. The number of benzene rings is 1. The zero-order valence-electron chi connectivity index (χ0n) is 12.2. The van der Waals surface area contributed by atoms with E-state index in [2.05, 4.69) is 32.2 Å². The molecule has 0 radical (unpaired) electrons. The van der Waals surface area contributed by atoms with Crippen molar-refractivity contribution in [1.29, 1.82) is 0 Å². The fourth-order valence-electron chi connectivity index (χ4n) is 2.54. The van der Waals surface area contributed by atoms with Gasteiger partial charge in [-0.3, -0.25) is 0 Å². The molecule has 0 saturated heterocycles. The first-order valence-corrected chi connectivity index (χ1v) is 7.17. The van der Waals surface area contributed by atoms with Crippen molar-refractivity contribution in [2.75, 3.05) is 26.9 Å². The van der Waals surface area contributed by atoms with Crippen molar-refractivity contribution in [2.24, 2.45) is 0 Å². The van der Waals surface area contributed by atoms with Crippen molar-refractivity contribution < 1.29 is 9.47 Å². The summed E-state index contributed by atoms with van der Waals surface area (Å²) in [4.78, 5) is 0. The molecule has 21 heavy (non-hydrogen) atoms. The highest BCUT2D eigenvalue weighted by Crippen LogP contribution is 2.23. The van der Waals surface area contributed by atoms with Gasteiger partial charge >= 0.3 is 0 Å². The number of ether oxygens (including phenoxy) is 2. The van der Waals surface area contributed by atoms with Gasteiger partial charge in [-0.25, -0.2) is 0 Å². The smallest absolute Gasteiger partial charge is 0.159 e. The van der Waals surface area contributed by atoms with E-state index < -0.39 is 0 Å². The van der Waals surface area contributed by atoms with Gasteiger partial charge in [0.2, 0.25) is 0 Å². The van der Waals surface area contributed by atoms with Gasteiger partial charge in [0.15, 0.2) is 11.6 Å². The SMILES string of the molecule is COCCOCc1nnc2n1CCNC2c1ccccc1. The van der Waals surface area contributed by atoms with Crippen molar-refractivity contribution in [1.82, 2.24) is 20.1 Å². The van der Waals surface area contributed by atoms with E-state index >= 15 is 0 Å². The predicted octanol–water partition coefficient (Wildman–Crippen LogP) is 1.13. The molecule has 1 N–H and O–H groups in total. The summed E-state index contributed by atoms with van der Waals surface area (Å²) in [6.45, 7) is 3.40. The molecule has 1 aliphatic heterocycles. The molecule has 0 aliphatic carbocycles. The molecule has 1 aliphatic rings. The molecule has 1 aromatic heterocycles. The molecule has 6 heteroatoms. The maximum absolute atomic E-state index is 5.56.